The maximum Gasteiger partial charge on any atom is 0.235 e. The average Bonchev–Trinajstić information content (AvgIpc) is 3.40. The van der Waals surface area contributed by atoms with Crippen molar-refractivity contribution in [1.29, 1.82) is 5.26 Å². The number of nitrogens with one attached hydrogen (secondary N) is 1. The van der Waals surface area contributed by atoms with Gasteiger partial charge in [0.15, 0.2) is 10.1 Å². The number of anilines is 2. The number of halogens is 1. The Balaban J connectivity index is 1.46. The van der Waals surface area contributed by atoms with E-state index in [0.717, 1.165) is 11.3 Å². The molecule has 12 heteroatoms. The lowest BCUT2D eigenvalue weighted by Gasteiger charge is -2.42. The van der Waals surface area contributed by atoms with Crippen LogP contribution in [0.3, 0.4) is 0 Å². The fourth-order valence-electron chi connectivity index (χ4n) is 5.24. The second-order valence-electron chi connectivity index (χ2n) is 11.4. The van der Waals surface area contributed by atoms with E-state index in [4.69, 9.17) is 17.3 Å². The Morgan fingerprint density at radius 3 is 2.62 bits per heavy atom. The highest BCUT2D eigenvalue weighted by molar-refractivity contribution is 8.01. The SMILES string of the molecule is CC(C)c1ccc(C2C(C#N)=C(N)N(c3nnc(SCC(=O)Nc4ccc(Cl)cn4)s3)C3=C2C(=O)CC(C)(C)C3)cc1. The molecular weight excluding hydrogens is 590 g/mol. The number of pyridine rings is 1. The predicted molar refractivity (Wildman–Crippen MR) is 166 cm³/mol. The first-order chi connectivity index (χ1) is 20.0. The highest BCUT2D eigenvalue weighted by atomic mass is 35.5. The molecule has 2 aliphatic rings. The normalized spacial score (nSPS) is 18.3. The Labute approximate surface area is 257 Å². The molecule has 2 aromatic heterocycles. The third-order valence-corrected chi connectivity index (χ3v) is 9.49. The smallest absolute Gasteiger partial charge is 0.235 e. The summed E-state index contributed by atoms with van der Waals surface area (Å²) in [7, 11) is 0. The van der Waals surface area contributed by atoms with E-state index in [-0.39, 0.29) is 28.7 Å². The van der Waals surface area contributed by atoms with Crippen molar-refractivity contribution in [2.45, 2.75) is 56.7 Å². The lowest BCUT2D eigenvalue weighted by atomic mass is 9.68. The number of rotatable bonds is 7. The molecule has 216 valence electrons. The molecule has 9 nitrogen and oxygen atoms in total. The van der Waals surface area contributed by atoms with Gasteiger partial charge in [0.05, 0.1) is 28.3 Å². The summed E-state index contributed by atoms with van der Waals surface area (Å²) in [5.74, 6) is 0.255. The number of nitrogens with zero attached hydrogens (tertiary/aromatic N) is 5. The number of benzene rings is 1. The molecule has 1 unspecified atom stereocenters. The number of ketones is 1. The minimum atomic E-state index is -0.557. The summed E-state index contributed by atoms with van der Waals surface area (Å²) < 4.78 is 0.547. The number of allylic oxidation sites excluding steroid dienone is 3. The van der Waals surface area contributed by atoms with Gasteiger partial charge in [0.2, 0.25) is 11.0 Å². The predicted octanol–water partition coefficient (Wildman–Crippen LogP) is 6.38. The number of hydrogen-bond donors (Lipinski definition) is 2. The maximum absolute atomic E-state index is 13.7. The van der Waals surface area contributed by atoms with Crippen LogP contribution in [0.4, 0.5) is 10.9 Å². The van der Waals surface area contributed by atoms with Gasteiger partial charge in [-0.15, -0.1) is 10.2 Å². The second kappa shape index (κ2) is 11.9. The molecule has 3 heterocycles. The highest BCUT2D eigenvalue weighted by Crippen LogP contribution is 2.50. The van der Waals surface area contributed by atoms with Crippen LogP contribution >= 0.6 is 34.7 Å². The fraction of sp³-hybridized carbons (Fsp3) is 0.333. The molecule has 3 N–H and O–H groups in total. The minimum absolute atomic E-state index is 0.00368. The molecule has 0 saturated carbocycles. The van der Waals surface area contributed by atoms with Crippen molar-refractivity contribution in [2.24, 2.45) is 11.1 Å². The van der Waals surface area contributed by atoms with Gasteiger partial charge in [-0.2, -0.15) is 5.26 Å². The van der Waals surface area contributed by atoms with E-state index >= 15 is 0 Å². The molecule has 42 heavy (non-hydrogen) atoms. The molecular formula is C30H30ClN7O2S2. The third kappa shape index (κ3) is 6.07. The summed E-state index contributed by atoms with van der Waals surface area (Å²) in [6.45, 7) is 8.35. The quantitative estimate of drug-likeness (QED) is 0.288. The van der Waals surface area contributed by atoms with Crippen LogP contribution in [-0.4, -0.2) is 32.6 Å². The van der Waals surface area contributed by atoms with Crippen LogP contribution in [0.2, 0.25) is 5.02 Å². The number of carbonyl (C=O) groups excluding carboxylic acids is 2. The van der Waals surface area contributed by atoms with Crippen molar-refractivity contribution >= 4 is 57.3 Å². The van der Waals surface area contributed by atoms with E-state index in [9.17, 15) is 14.9 Å². The first kappa shape index (κ1) is 29.8. The first-order valence-corrected chi connectivity index (χ1v) is 15.6. The third-order valence-electron chi connectivity index (χ3n) is 7.23. The summed E-state index contributed by atoms with van der Waals surface area (Å²) in [5, 5.41) is 22.6. The number of amides is 1. The highest BCUT2D eigenvalue weighted by Gasteiger charge is 2.45. The molecule has 1 aliphatic carbocycles. The van der Waals surface area contributed by atoms with E-state index in [1.807, 2.05) is 24.3 Å². The van der Waals surface area contributed by atoms with Gasteiger partial charge < -0.3 is 11.1 Å². The average molecular weight is 620 g/mol. The molecule has 1 amide bonds. The van der Waals surface area contributed by atoms with Gasteiger partial charge >= 0.3 is 0 Å². The summed E-state index contributed by atoms with van der Waals surface area (Å²) in [6.07, 6.45) is 2.40. The van der Waals surface area contributed by atoms with Crippen molar-refractivity contribution in [2.75, 3.05) is 16.0 Å². The van der Waals surface area contributed by atoms with Gasteiger partial charge in [-0.3, -0.25) is 14.5 Å². The lowest BCUT2D eigenvalue weighted by Crippen LogP contribution is -2.42. The lowest BCUT2D eigenvalue weighted by molar-refractivity contribution is -0.118. The molecule has 0 saturated heterocycles. The summed E-state index contributed by atoms with van der Waals surface area (Å²) in [4.78, 5) is 32.0. The van der Waals surface area contributed by atoms with Crippen LogP contribution in [0, 0.1) is 16.7 Å². The Kier molecular flexibility index (Phi) is 8.42. The first-order valence-electron chi connectivity index (χ1n) is 13.4. The molecule has 0 bridgehead atoms. The van der Waals surface area contributed by atoms with E-state index in [1.54, 1.807) is 17.0 Å². The summed E-state index contributed by atoms with van der Waals surface area (Å²) in [6, 6.07) is 13.6. The number of nitrogens with two attached hydrogens (primary N) is 1. The molecule has 1 atom stereocenters. The summed E-state index contributed by atoms with van der Waals surface area (Å²) in [5.41, 5.74) is 10.1. The molecule has 0 spiro atoms. The largest absolute Gasteiger partial charge is 0.384 e. The number of carbonyl (C=O) groups is 2. The number of thioether (sulfide) groups is 1. The number of aromatic nitrogens is 3. The standard InChI is InChI=1S/C30H30ClN7O2S2/c1-16(2)17-5-7-18(8-6-17)25-20(13-32)27(33)38(21-11-30(3,4)12-22(39)26(21)25)28-36-37-29(42-28)41-15-24(40)35-23-10-9-19(31)14-34-23/h5-10,14,16,25H,11-12,15,33H2,1-4H3,(H,34,35,40). The van der Waals surface area contributed by atoms with Crippen LogP contribution in [0.15, 0.2) is 69.6 Å². The topological polar surface area (TPSA) is 138 Å². The zero-order valence-electron chi connectivity index (χ0n) is 23.6. The van der Waals surface area contributed by atoms with Crippen LogP contribution in [0.5, 0.6) is 0 Å². The van der Waals surface area contributed by atoms with Gasteiger partial charge in [-0.05, 0) is 41.0 Å². The molecule has 0 radical (unpaired) electrons. The molecule has 1 aromatic carbocycles. The van der Waals surface area contributed by atoms with E-state index in [2.05, 4.69) is 54.3 Å². The Morgan fingerprint density at radius 2 is 1.98 bits per heavy atom. The molecule has 5 rings (SSSR count). The van der Waals surface area contributed by atoms with Crippen molar-refractivity contribution in [3.8, 4) is 6.07 Å². The van der Waals surface area contributed by atoms with Crippen LogP contribution in [0.1, 0.15) is 63.5 Å². The van der Waals surface area contributed by atoms with Crippen LogP contribution in [0.25, 0.3) is 0 Å². The van der Waals surface area contributed by atoms with Gasteiger partial charge in [0, 0.05) is 23.9 Å². The summed E-state index contributed by atoms with van der Waals surface area (Å²) >= 11 is 8.33. The number of hydrogen-bond acceptors (Lipinski definition) is 10. The van der Waals surface area contributed by atoms with Crippen molar-refractivity contribution in [3.63, 3.8) is 0 Å². The monoisotopic (exact) mass is 619 g/mol. The number of Topliss-reactive ketones (excluding diaryl/α,β-unsaturated/α-hetero) is 1. The second-order valence-corrected chi connectivity index (χ2v) is 14.0. The van der Waals surface area contributed by atoms with E-state index < -0.39 is 5.92 Å². The number of nitriles is 1. The maximum atomic E-state index is 13.7. The minimum Gasteiger partial charge on any atom is -0.384 e. The van der Waals surface area contributed by atoms with Crippen molar-refractivity contribution in [3.05, 3.63) is 81.4 Å². The van der Waals surface area contributed by atoms with Crippen LogP contribution in [-0.2, 0) is 9.59 Å². The van der Waals surface area contributed by atoms with Crippen molar-refractivity contribution < 1.29 is 9.59 Å². The van der Waals surface area contributed by atoms with E-state index in [1.165, 1.54) is 34.9 Å². The van der Waals surface area contributed by atoms with Crippen LogP contribution < -0.4 is 16.0 Å². The van der Waals surface area contributed by atoms with Crippen molar-refractivity contribution in [1.82, 2.24) is 15.2 Å². The van der Waals surface area contributed by atoms with Gasteiger partial charge in [0.25, 0.3) is 0 Å². The van der Waals surface area contributed by atoms with Gasteiger partial charge in [-0.25, -0.2) is 4.98 Å². The Morgan fingerprint density at radius 1 is 1.24 bits per heavy atom. The fourth-order valence-corrected chi connectivity index (χ4v) is 7.03. The van der Waals surface area contributed by atoms with Gasteiger partial charge in [-0.1, -0.05) is 86.7 Å². The van der Waals surface area contributed by atoms with Gasteiger partial charge in [0.1, 0.15) is 11.6 Å². The zero-order valence-corrected chi connectivity index (χ0v) is 26.0. The zero-order chi connectivity index (χ0) is 30.2. The Hall–Kier alpha value is -3.72. The van der Waals surface area contributed by atoms with E-state index in [0.29, 0.717) is 50.2 Å². The molecule has 3 aromatic rings. The molecule has 0 fully saturated rings. The Bertz CT molecular complexity index is 1640. The molecule has 1 aliphatic heterocycles.